The van der Waals surface area contributed by atoms with Crippen LogP contribution in [-0.4, -0.2) is 33.1 Å². The van der Waals surface area contributed by atoms with Crippen LogP contribution in [0.5, 0.6) is 0 Å². The number of nitrogens with zero attached hydrogens (tertiary/aromatic N) is 1. The summed E-state index contributed by atoms with van der Waals surface area (Å²) in [5.74, 6) is -2.30. The normalized spacial score (nSPS) is 11.5. The minimum atomic E-state index is -1.19. The van der Waals surface area contributed by atoms with Crippen LogP contribution in [-0.2, 0) is 4.79 Å². The van der Waals surface area contributed by atoms with Gasteiger partial charge in [0.15, 0.2) is 5.13 Å². The van der Waals surface area contributed by atoms with Crippen molar-refractivity contribution in [2.24, 2.45) is 0 Å². The van der Waals surface area contributed by atoms with E-state index in [1.54, 1.807) is 54.8 Å². The van der Waals surface area contributed by atoms with Gasteiger partial charge in [-0.2, -0.15) is 0 Å². The molecule has 0 radical (unpaired) electrons. The number of anilines is 2. The minimum Gasteiger partial charge on any atom is -0.478 e. The summed E-state index contributed by atoms with van der Waals surface area (Å²) in [6.07, 6.45) is 0. The summed E-state index contributed by atoms with van der Waals surface area (Å²) in [6.45, 7) is 1.75. The third-order valence-electron chi connectivity index (χ3n) is 5.05. The smallest absolute Gasteiger partial charge is 0.336 e. The number of thioether (sulfide) groups is 1. The summed E-state index contributed by atoms with van der Waals surface area (Å²) >= 11 is 2.57. The number of hydrogen-bond donors (Lipinski definition) is 3. The second-order valence-corrected chi connectivity index (χ2v) is 9.90. The van der Waals surface area contributed by atoms with Gasteiger partial charge in [-0.05, 0) is 61.5 Å². The van der Waals surface area contributed by atoms with Crippen molar-refractivity contribution < 1.29 is 23.9 Å². The summed E-state index contributed by atoms with van der Waals surface area (Å²) in [7, 11) is 0. The van der Waals surface area contributed by atoms with Crippen LogP contribution >= 0.6 is 23.1 Å². The SMILES string of the molecule is CC(Sc1cccc(NC(=O)c2ccccc2C(=O)O)c1)C(=O)Nc1nc(-c2ccc(F)cc2)cs1. The highest BCUT2D eigenvalue weighted by Gasteiger charge is 2.18. The maximum atomic E-state index is 13.1. The van der Waals surface area contributed by atoms with E-state index in [2.05, 4.69) is 15.6 Å². The monoisotopic (exact) mass is 521 g/mol. The molecule has 4 aromatic rings. The Labute approximate surface area is 214 Å². The number of carboxylic acid groups (broad SMARTS) is 1. The van der Waals surface area contributed by atoms with Crippen molar-refractivity contribution in [1.29, 1.82) is 0 Å². The Morgan fingerprint density at radius 1 is 0.972 bits per heavy atom. The van der Waals surface area contributed by atoms with E-state index in [0.717, 1.165) is 10.5 Å². The van der Waals surface area contributed by atoms with E-state index < -0.39 is 17.1 Å². The quantitative estimate of drug-likeness (QED) is 0.245. The highest BCUT2D eigenvalue weighted by molar-refractivity contribution is 8.00. The Bertz CT molecular complexity index is 1420. The Hall–Kier alpha value is -4.02. The average Bonchev–Trinajstić information content (AvgIpc) is 3.33. The molecule has 1 unspecified atom stereocenters. The molecule has 0 saturated heterocycles. The van der Waals surface area contributed by atoms with Gasteiger partial charge in [-0.1, -0.05) is 18.2 Å². The molecule has 0 bridgehead atoms. The van der Waals surface area contributed by atoms with Gasteiger partial charge in [0.2, 0.25) is 5.91 Å². The van der Waals surface area contributed by atoms with E-state index in [-0.39, 0.29) is 22.9 Å². The van der Waals surface area contributed by atoms with Gasteiger partial charge < -0.3 is 15.7 Å². The largest absolute Gasteiger partial charge is 0.478 e. The molecule has 36 heavy (non-hydrogen) atoms. The highest BCUT2D eigenvalue weighted by Crippen LogP contribution is 2.29. The molecular weight excluding hydrogens is 501 g/mol. The second-order valence-electron chi connectivity index (χ2n) is 7.63. The number of hydrogen-bond acceptors (Lipinski definition) is 6. The van der Waals surface area contributed by atoms with Crippen LogP contribution in [0.15, 0.2) is 83.1 Å². The Morgan fingerprint density at radius 3 is 2.42 bits per heavy atom. The number of benzene rings is 3. The first kappa shape index (κ1) is 25.1. The molecule has 0 aliphatic rings. The molecule has 0 fully saturated rings. The Morgan fingerprint density at radius 2 is 1.69 bits per heavy atom. The number of amides is 2. The zero-order valence-corrected chi connectivity index (χ0v) is 20.5. The number of carbonyl (C=O) groups is 3. The number of nitrogens with one attached hydrogen (secondary N) is 2. The highest BCUT2D eigenvalue weighted by atomic mass is 32.2. The van der Waals surface area contributed by atoms with E-state index in [1.165, 1.54) is 47.4 Å². The maximum Gasteiger partial charge on any atom is 0.336 e. The molecule has 0 aliphatic carbocycles. The van der Waals surface area contributed by atoms with E-state index in [1.807, 2.05) is 6.07 Å². The Kier molecular flexibility index (Phi) is 7.77. The third-order valence-corrected chi connectivity index (χ3v) is 6.90. The van der Waals surface area contributed by atoms with Crippen LogP contribution in [0.4, 0.5) is 15.2 Å². The lowest BCUT2D eigenvalue weighted by Gasteiger charge is -2.12. The lowest BCUT2D eigenvalue weighted by Crippen LogP contribution is -2.22. The standard InChI is InChI=1S/C26H20FN3O4S2/c1-15(23(31)30-26-29-22(14-35-26)16-9-11-17(27)12-10-16)36-19-6-4-5-18(13-19)28-24(32)20-7-2-3-8-21(20)25(33)34/h2-15H,1H3,(H,28,32)(H,33,34)(H,29,30,31). The van der Waals surface area contributed by atoms with Gasteiger partial charge in [0.25, 0.3) is 5.91 Å². The number of rotatable bonds is 8. The van der Waals surface area contributed by atoms with Gasteiger partial charge in [0, 0.05) is 21.5 Å². The first-order chi connectivity index (χ1) is 17.3. The summed E-state index contributed by atoms with van der Waals surface area (Å²) in [4.78, 5) is 41.9. The number of halogens is 1. The summed E-state index contributed by atoms with van der Waals surface area (Å²) in [6, 6.07) is 18.9. The number of aromatic nitrogens is 1. The number of thiazole rings is 1. The van der Waals surface area contributed by atoms with Gasteiger partial charge in [0.1, 0.15) is 5.82 Å². The van der Waals surface area contributed by atoms with Crippen LogP contribution < -0.4 is 10.6 Å². The maximum absolute atomic E-state index is 13.1. The molecule has 7 nitrogen and oxygen atoms in total. The summed E-state index contributed by atoms with van der Waals surface area (Å²) in [5.41, 5.74) is 1.83. The molecule has 10 heteroatoms. The minimum absolute atomic E-state index is 0.0549. The molecule has 1 aromatic heterocycles. The molecule has 2 amide bonds. The van der Waals surface area contributed by atoms with Crippen molar-refractivity contribution in [3.8, 4) is 11.3 Å². The fourth-order valence-electron chi connectivity index (χ4n) is 3.26. The van der Waals surface area contributed by atoms with E-state index in [9.17, 15) is 23.9 Å². The molecule has 1 heterocycles. The second kappa shape index (κ2) is 11.1. The van der Waals surface area contributed by atoms with E-state index in [0.29, 0.717) is 16.5 Å². The molecule has 3 N–H and O–H groups in total. The van der Waals surface area contributed by atoms with Crippen molar-refractivity contribution in [1.82, 2.24) is 4.98 Å². The van der Waals surface area contributed by atoms with Gasteiger partial charge >= 0.3 is 5.97 Å². The lowest BCUT2D eigenvalue weighted by atomic mass is 10.1. The lowest BCUT2D eigenvalue weighted by molar-refractivity contribution is -0.115. The Balaban J connectivity index is 1.38. The van der Waals surface area contributed by atoms with E-state index in [4.69, 9.17) is 0 Å². The van der Waals surface area contributed by atoms with Gasteiger partial charge in [-0.15, -0.1) is 23.1 Å². The van der Waals surface area contributed by atoms with Crippen molar-refractivity contribution in [2.75, 3.05) is 10.6 Å². The van der Waals surface area contributed by atoms with Crippen molar-refractivity contribution in [3.05, 3.63) is 95.1 Å². The van der Waals surface area contributed by atoms with Gasteiger partial charge in [-0.25, -0.2) is 14.2 Å². The van der Waals surface area contributed by atoms with Crippen LogP contribution in [0.2, 0.25) is 0 Å². The predicted molar refractivity (Wildman–Crippen MR) is 139 cm³/mol. The predicted octanol–water partition coefficient (Wildman–Crippen LogP) is 6.02. The average molecular weight is 522 g/mol. The molecule has 1 atom stereocenters. The van der Waals surface area contributed by atoms with Gasteiger partial charge in [-0.3, -0.25) is 9.59 Å². The zero-order chi connectivity index (χ0) is 25.7. The zero-order valence-electron chi connectivity index (χ0n) is 18.9. The molecule has 0 spiro atoms. The third kappa shape index (κ3) is 6.15. The molecule has 0 saturated carbocycles. The van der Waals surface area contributed by atoms with Crippen molar-refractivity contribution in [3.63, 3.8) is 0 Å². The molecular formula is C26H20FN3O4S2. The first-order valence-electron chi connectivity index (χ1n) is 10.7. The van der Waals surface area contributed by atoms with Crippen LogP contribution in [0.3, 0.4) is 0 Å². The van der Waals surface area contributed by atoms with Crippen LogP contribution in [0.1, 0.15) is 27.6 Å². The van der Waals surface area contributed by atoms with Crippen molar-refractivity contribution >= 4 is 51.7 Å². The topological polar surface area (TPSA) is 108 Å². The molecule has 0 aliphatic heterocycles. The van der Waals surface area contributed by atoms with Crippen molar-refractivity contribution in [2.45, 2.75) is 17.1 Å². The molecule has 3 aromatic carbocycles. The van der Waals surface area contributed by atoms with Gasteiger partial charge in [0.05, 0.1) is 22.1 Å². The number of carbonyl (C=O) groups excluding carboxylic acids is 2. The molecule has 182 valence electrons. The number of carboxylic acids is 1. The fourth-order valence-corrected chi connectivity index (χ4v) is 4.91. The summed E-state index contributed by atoms with van der Waals surface area (Å²) < 4.78 is 13.1. The van der Waals surface area contributed by atoms with E-state index >= 15 is 0 Å². The van der Waals surface area contributed by atoms with Crippen LogP contribution in [0, 0.1) is 5.82 Å². The molecule has 4 rings (SSSR count). The number of aromatic carboxylic acids is 1. The first-order valence-corrected chi connectivity index (χ1v) is 12.5. The summed E-state index contributed by atoms with van der Waals surface area (Å²) in [5, 5.41) is 16.6. The van der Waals surface area contributed by atoms with Crippen LogP contribution in [0.25, 0.3) is 11.3 Å². The fraction of sp³-hybridized carbons (Fsp3) is 0.0769.